The van der Waals surface area contributed by atoms with Crippen LogP contribution in [0.4, 0.5) is 4.39 Å². The second kappa shape index (κ2) is 5.70. The molecule has 8 heteroatoms. The van der Waals surface area contributed by atoms with Crippen LogP contribution in [0.2, 0.25) is 0 Å². The summed E-state index contributed by atoms with van der Waals surface area (Å²) >= 11 is 0. The van der Waals surface area contributed by atoms with Gasteiger partial charge in [0.25, 0.3) is 5.91 Å². The van der Waals surface area contributed by atoms with Crippen molar-refractivity contribution in [2.24, 2.45) is 5.14 Å². The highest BCUT2D eigenvalue weighted by molar-refractivity contribution is 7.89. The zero-order valence-corrected chi connectivity index (χ0v) is 12.7. The standard InChI is InChI=1S/C13H18FN3O3S/c1-8-6-17(7-9(2)16-8)13(18)10-3-4-12(11(14)5-10)21(15,19)20/h3-5,8-9,16H,6-7H2,1-2H3,(H2,15,19,20)/t8-,9+. The first kappa shape index (κ1) is 15.9. The maximum Gasteiger partial charge on any atom is 0.254 e. The number of hydrogen-bond acceptors (Lipinski definition) is 4. The van der Waals surface area contributed by atoms with Crippen molar-refractivity contribution in [3.8, 4) is 0 Å². The van der Waals surface area contributed by atoms with Crippen molar-refractivity contribution in [2.45, 2.75) is 30.8 Å². The Labute approximate surface area is 123 Å². The van der Waals surface area contributed by atoms with Crippen molar-refractivity contribution in [1.29, 1.82) is 0 Å². The number of piperazine rings is 1. The van der Waals surface area contributed by atoms with E-state index in [1.807, 2.05) is 13.8 Å². The number of halogens is 1. The molecule has 0 unspecified atom stereocenters. The summed E-state index contributed by atoms with van der Waals surface area (Å²) in [7, 11) is -4.13. The van der Waals surface area contributed by atoms with Gasteiger partial charge in [0.05, 0.1) is 0 Å². The Morgan fingerprint density at radius 1 is 1.33 bits per heavy atom. The monoisotopic (exact) mass is 315 g/mol. The second-order valence-electron chi connectivity index (χ2n) is 5.37. The van der Waals surface area contributed by atoms with E-state index in [2.05, 4.69) is 5.32 Å². The van der Waals surface area contributed by atoms with E-state index < -0.39 is 20.7 Å². The summed E-state index contributed by atoms with van der Waals surface area (Å²) in [4.78, 5) is 13.4. The van der Waals surface area contributed by atoms with Crippen molar-refractivity contribution in [3.63, 3.8) is 0 Å². The largest absolute Gasteiger partial charge is 0.336 e. The van der Waals surface area contributed by atoms with Gasteiger partial charge in [0.15, 0.2) is 0 Å². The third-order valence-electron chi connectivity index (χ3n) is 3.33. The molecule has 0 spiro atoms. The van der Waals surface area contributed by atoms with E-state index >= 15 is 0 Å². The molecule has 3 N–H and O–H groups in total. The lowest BCUT2D eigenvalue weighted by molar-refractivity contribution is 0.0673. The summed E-state index contributed by atoms with van der Waals surface area (Å²) < 4.78 is 36.1. The van der Waals surface area contributed by atoms with Crippen LogP contribution in [0.15, 0.2) is 23.1 Å². The van der Waals surface area contributed by atoms with Crippen LogP contribution in [0.25, 0.3) is 0 Å². The first-order valence-electron chi connectivity index (χ1n) is 6.56. The minimum Gasteiger partial charge on any atom is -0.336 e. The highest BCUT2D eigenvalue weighted by Crippen LogP contribution is 2.17. The van der Waals surface area contributed by atoms with Gasteiger partial charge in [-0.05, 0) is 32.0 Å². The van der Waals surface area contributed by atoms with E-state index in [4.69, 9.17) is 5.14 Å². The molecule has 0 radical (unpaired) electrons. The van der Waals surface area contributed by atoms with Crippen molar-refractivity contribution < 1.29 is 17.6 Å². The van der Waals surface area contributed by atoms with Gasteiger partial charge in [-0.2, -0.15) is 0 Å². The van der Waals surface area contributed by atoms with Gasteiger partial charge in [-0.3, -0.25) is 4.79 Å². The van der Waals surface area contributed by atoms with Gasteiger partial charge < -0.3 is 10.2 Å². The van der Waals surface area contributed by atoms with E-state index in [9.17, 15) is 17.6 Å². The first-order valence-corrected chi connectivity index (χ1v) is 8.11. The number of rotatable bonds is 2. The molecule has 0 saturated carbocycles. The second-order valence-corrected chi connectivity index (χ2v) is 6.90. The number of sulfonamides is 1. The number of nitrogens with one attached hydrogen (secondary N) is 1. The summed E-state index contributed by atoms with van der Waals surface area (Å²) in [6.07, 6.45) is 0. The Bertz CT molecular complexity index is 653. The van der Waals surface area contributed by atoms with E-state index in [1.165, 1.54) is 6.07 Å². The predicted molar refractivity (Wildman–Crippen MR) is 75.7 cm³/mol. The van der Waals surface area contributed by atoms with Gasteiger partial charge >= 0.3 is 0 Å². The summed E-state index contributed by atoms with van der Waals surface area (Å²) in [6.45, 7) is 4.95. The van der Waals surface area contributed by atoms with Crippen molar-refractivity contribution in [3.05, 3.63) is 29.6 Å². The summed E-state index contributed by atoms with van der Waals surface area (Å²) in [5.74, 6) is -1.34. The highest BCUT2D eigenvalue weighted by Gasteiger charge is 2.26. The van der Waals surface area contributed by atoms with Gasteiger partial charge in [0, 0.05) is 30.7 Å². The first-order chi connectivity index (χ1) is 9.68. The van der Waals surface area contributed by atoms with E-state index in [0.29, 0.717) is 13.1 Å². The van der Waals surface area contributed by atoms with Crippen molar-refractivity contribution in [2.75, 3.05) is 13.1 Å². The van der Waals surface area contributed by atoms with Crippen LogP contribution in [-0.4, -0.2) is 44.4 Å². The molecule has 0 aromatic heterocycles. The summed E-state index contributed by atoms with van der Waals surface area (Å²) in [5.41, 5.74) is 0.112. The number of amides is 1. The number of carbonyl (C=O) groups is 1. The molecule has 116 valence electrons. The van der Waals surface area contributed by atoms with Crippen LogP contribution in [0.5, 0.6) is 0 Å². The average Bonchev–Trinajstić information content (AvgIpc) is 2.35. The van der Waals surface area contributed by atoms with Gasteiger partial charge in [-0.15, -0.1) is 0 Å². The zero-order valence-electron chi connectivity index (χ0n) is 11.8. The molecule has 1 heterocycles. The highest BCUT2D eigenvalue weighted by atomic mass is 32.2. The van der Waals surface area contributed by atoms with Crippen LogP contribution in [0.3, 0.4) is 0 Å². The molecule has 0 bridgehead atoms. The lowest BCUT2D eigenvalue weighted by atomic mass is 10.1. The fourth-order valence-electron chi connectivity index (χ4n) is 2.54. The smallest absolute Gasteiger partial charge is 0.254 e. The molecule has 1 aliphatic heterocycles. The van der Waals surface area contributed by atoms with Crippen LogP contribution >= 0.6 is 0 Å². The number of nitrogens with zero attached hydrogens (tertiary/aromatic N) is 1. The maximum absolute atomic E-state index is 13.8. The molecule has 21 heavy (non-hydrogen) atoms. The van der Waals surface area contributed by atoms with Crippen LogP contribution in [0, 0.1) is 5.82 Å². The van der Waals surface area contributed by atoms with E-state index in [0.717, 1.165) is 12.1 Å². The summed E-state index contributed by atoms with van der Waals surface area (Å²) in [5, 5.41) is 8.18. The number of primary sulfonamides is 1. The number of carbonyl (C=O) groups excluding carboxylic acids is 1. The van der Waals surface area contributed by atoms with Crippen molar-refractivity contribution >= 4 is 15.9 Å². The fourth-order valence-corrected chi connectivity index (χ4v) is 3.13. The maximum atomic E-state index is 13.8. The Kier molecular flexibility index (Phi) is 4.31. The van der Waals surface area contributed by atoms with Crippen LogP contribution in [-0.2, 0) is 10.0 Å². The Balaban J connectivity index is 2.26. The lowest BCUT2D eigenvalue weighted by Gasteiger charge is -2.36. The quantitative estimate of drug-likeness (QED) is 0.821. The molecule has 2 rings (SSSR count). The average molecular weight is 315 g/mol. The third-order valence-corrected chi connectivity index (χ3v) is 4.27. The molecular formula is C13H18FN3O3S. The molecule has 0 aliphatic carbocycles. The summed E-state index contributed by atoms with van der Waals surface area (Å²) in [6, 6.07) is 3.51. The van der Waals surface area contributed by atoms with Gasteiger partial charge in [-0.25, -0.2) is 17.9 Å². The number of nitrogens with two attached hydrogens (primary N) is 1. The van der Waals surface area contributed by atoms with Gasteiger partial charge in [0.1, 0.15) is 10.7 Å². The third kappa shape index (κ3) is 3.58. The molecule has 6 nitrogen and oxygen atoms in total. The fraction of sp³-hybridized carbons (Fsp3) is 0.462. The number of hydrogen-bond donors (Lipinski definition) is 2. The lowest BCUT2D eigenvalue weighted by Crippen LogP contribution is -2.55. The SMILES string of the molecule is C[C@@H]1CN(C(=O)c2ccc(S(N)(=O)=O)c(F)c2)C[C@H](C)N1. The number of benzene rings is 1. The van der Waals surface area contributed by atoms with Crippen molar-refractivity contribution in [1.82, 2.24) is 10.2 Å². The normalized spacial score (nSPS) is 23.1. The molecule has 1 fully saturated rings. The molecule has 2 atom stereocenters. The Morgan fingerprint density at radius 2 is 1.90 bits per heavy atom. The topological polar surface area (TPSA) is 92.5 Å². The molecular weight excluding hydrogens is 297 g/mol. The molecule has 1 saturated heterocycles. The zero-order chi connectivity index (χ0) is 15.8. The Morgan fingerprint density at radius 3 is 2.38 bits per heavy atom. The minimum absolute atomic E-state index is 0.112. The van der Waals surface area contributed by atoms with Crippen LogP contribution < -0.4 is 10.5 Å². The minimum atomic E-state index is -4.13. The van der Waals surface area contributed by atoms with E-state index in [-0.39, 0.29) is 23.6 Å². The molecule has 1 amide bonds. The molecule has 1 aromatic carbocycles. The van der Waals surface area contributed by atoms with E-state index in [1.54, 1.807) is 4.90 Å². The van der Waals surface area contributed by atoms with Gasteiger partial charge in [-0.1, -0.05) is 0 Å². The molecule has 1 aliphatic rings. The van der Waals surface area contributed by atoms with Gasteiger partial charge in [0.2, 0.25) is 10.0 Å². The van der Waals surface area contributed by atoms with Crippen LogP contribution in [0.1, 0.15) is 24.2 Å². The molecule has 1 aromatic rings. The predicted octanol–water partition coefficient (Wildman–Crippen LogP) is 0.296. The Hall–Kier alpha value is -1.51.